The number of aliphatic hydroxyl groups excluding tert-OH is 1. The van der Waals surface area contributed by atoms with Crippen molar-refractivity contribution in [3.05, 3.63) is 130 Å². The summed E-state index contributed by atoms with van der Waals surface area (Å²) in [6.07, 6.45) is 1.47. The van der Waals surface area contributed by atoms with Crippen molar-refractivity contribution in [3.63, 3.8) is 0 Å². The minimum Gasteiger partial charge on any atom is -0.508 e. The zero-order chi connectivity index (χ0) is 59.6. The van der Waals surface area contributed by atoms with Gasteiger partial charge in [0.15, 0.2) is 0 Å². The minimum absolute atomic E-state index is 0.0108. The van der Waals surface area contributed by atoms with Crippen LogP contribution in [0.25, 0.3) is 0 Å². The molecule has 434 valence electrons. The van der Waals surface area contributed by atoms with Crippen LogP contribution in [0.15, 0.2) is 97.1 Å². The Morgan fingerprint density at radius 1 is 0.550 bits per heavy atom. The van der Waals surface area contributed by atoms with Crippen molar-refractivity contribution in [2.45, 2.75) is 89.9 Å². The molecule has 4 atom stereocenters. The topological polar surface area (TPSA) is 392 Å². The Labute approximate surface area is 469 Å². The number of hydrogen-bond acceptors (Lipinski definition) is 14. The second-order valence-electron chi connectivity index (χ2n) is 18.0. The molecular formula is C55H74ClN11O13. The van der Waals surface area contributed by atoms with Crippen LogP contribution in [0, 0.1) is 6.92 Å². The number of rotatable bonds is 29. The maximum absolute atomic E-state index is 13.7. The molecule has 25 heteroatoms. The standard InChI is InChI=1S/C45H59ClN10O11.C8H9NO.C2H6O/c1-27(57)49-23-37(55-38(60)19-12-28-6-13-31(46)14-7-28)45(67)56-36(22-30-10-17-33(59)18-11-30)44(66)52-26-41(63)53-34(5-3-4-20-48-2)43(65)51-24-39(61)50-25-40(62)54-35(42(47)64)21-29-8-15-32(58)16-9-29;1-6-2-4-7(5-3-6)8(9)10;1-2-3/h6-11,13-18,34-37,48,58-59H,3-5,12,19-26H2,1-2H3,(H2,47,64)(H,49,57)(H,50,61)(H,51,65)(H,52,66)(H,53,63)(H,54,62)(H,55,60)(H,56,67);2-5H,1H3,(H2,9,10);3H,2H2,1H3. The lowest BCUT2D eigenvalue weighted by Gasteiger charge is -2.24. The molecule has 0 saturated carbocycles. The number of nitrogens with two attached hydrogens (primary N) is 2. The molecule has 4 unspecified atom stereocenters. The van der Waals surface area contributed by atoms with Gasteiger partial charge >= 0.3 is 0 Å². The Bertz CT molecular complexity index is 2640. The number of phenolic OH excluding ortho intramolecular Hbond substituents is 2. The highest BCUT2D eigenvalue weighted by atomic mass is 35.5. The van der Waals surface area contributed by atoms with Crippen LogP contribution in [-0.2, 0) is 62.4 Å². The summed E-state index contributed by atoms with van der Waals surface area (Å²) in [6.45, 7) is 3.65. The summed E-state index contributed by atoms with van der Waals surface area (Å²) in [7, 11) is 1.75. The summed E-state index contributed by atoms with van der Waals surface area (Å²) in [5.74, 6) is -6.87. The molecule has 24 nitrogen and oxygen atoms in total. The number of carbonyl (C=O) groups excluding carboxylic acids is 10. The first-order valence-corrected chi connectivity index (χ1v) is 25.9. The number of halogens is 1. The van der Waals surface area contributed by atoms with Gasteiger partial charge in [-0.3, -0.25) is 47.9 Å². The lowest BCUT2D eigenvalue weighted by Crippen LogP contribution is -2.58. The highest BCUT2D eigenvalue weighted by Crippen LogP contribution is 2.14. The van der Waals surface area contributed by atoms with Crippen molar-refractivity contribution in [2.75, 3.05) is 46.4 Å². The van der Waals surface area contributed by atoms with Gasteiger partial charge in [0.1, 0.15) is 35.7 Å². The minimum atomic E-state index is -1.34. The summed E-state index contributed by atoms with van der Waals surface area (Å²) in [5.41, 5.74) is 14.1. The first-order valence-electron chi connectivity index (χ1n) is 25.5. The first kappa shape index (κ1) is 67.5. The van der Waals surface area contributed by atoms with Gasteiger partial charge in [0.2, 0.25) is 59.1 Å². The Morgan fingerprint density at radius 3 is 1.54 bits per heavy atom. The number of nitrogens with one attached hydrogen (secondary N) is 9. The summed E-state index contributed by atoms with van der Waals surface area (Å²) < 4.78 is 0. The Balaban J connectivity index is 0.00000148. The van der Waals surface area contributed by atoms with Crippen LogP contribution >= 0.6 is 11.6 Å². The second kappa shape index (κ2) is 37.2. The number of primary amides is 2. The number of benzene rings is 4. The molecule has 10 amide bonds. The molecule has 0 fully saturated rings. The SMILES string of the molecule is CCO.CNCCCCC(NC(=O)CNC(=O)C(Cc1ccc(O)cc1)NC(=O)C(CNC(C)=O)NC(=O)CCc1ccc(Cl)cc1)C(=O)NCC(=O)NCC(=O)NC(Cc1ccc(O)cc1)C(N)=O.Cc1ccc(C(N)=O)cc1. The van der Waals surface area contributed by atoms with E-state index in [0.717, 1.165) is 11.1 Å². The molecule has 0 aliphatic rings. The average molecular weight is 1130 g/mol. The van der Waals surface area contributed by atoms with E-state index >= 15 is 0 Å². The third-order valence-corrected chi connectivity index (χ3v) is 11.5. The van der Waals surface area contributed by atoms with Crippen molar-refractivity contribution in [1.82, 2.24) is 47.9 Å². The molecule has 4 aromatic carbocycles. The van der Waals surface area contributed by atoms with E-state index < -0.39 is 97.0 Å². The molecule has 0 bridgehead atoms. The van der Waals surface area contributed by atoms with Crippen molar-refractivity contribution in [2.24, 2.45) is 11.5 Å². The predicted molar refractivity (Wildman–Crippen MR) is 298 cm³/mol. The van der Waals surface area contributed by atoms with Crippen molar-refractivity contribution < 1.29 is 63.3 Å². The summed E-state index contributed by atoms with van der Waals surface area (Å²) in [4.78, 5) is 126. The first-order chi connectivity index (χ1) is 38.0. The van der Waals surface area contributed by atoms with E-state index in [4.69, 9.17) is 28.2 Å². The number of phenols is 2. The molecule has 4 rings (SSSR count). The van der Waals surface area contributed by atoms with Gasteiger partial charge in [-0.25, -0.2) is 0 Å². The molecule has 0 radical (unpaired) electrons. The highest BCUT2D eigenvalue weighted by molar-refractivity contribution is 6.30. The van der Waals surface area contributed by atoms with Crippen LogP contribution in [0.1, 0.15) is 72.1 Å². The fourth-order valence-corrected chi connectivity index (χ4v) is 7.15. The molecule has 0 aliphatic heterocycles. The predicted octanol–water partition coefficient (Wildman–Crippen LogP) is -0.439. The molecule has 0 saturated heterocycles. The Kier molecular flexibility index (Phi) is 31.4. The lowest BCUT2D eigenvalue weighted by molar-refractivity contribution is -0.133. The molecular weight excluding hydrogens is 1060 g/mol. The van der Waals surface area contributed by atoms with E-state index in [-0.39, 0.29) is 56.2 Å². The summed E-state index contributed by atoms with van der Waals surface area (Å²) in [5, 5.41) is 50.3. The van der Waals surface area contributed by atoms with Gasteiger partial charge in [0.25, 0.3) is 0 Å². The second-order valence-corrected chi connectivity index (χ2v) is 18.4. The zero-order valence-corrected chi connectivity index (χ0v) is 46.0. The van der Waals surface area contributed by atoms with E-state index in [9.17, 15) is 58.2 Å². The fraction of sp³-hybridized carbons (Fsp3) is 0.382. The quantitative estimate of drug-likeness (QED) is 0.0307. The highest BCUT2D eigenvalue weighted by Gasteiger charge is 2.29. The largest absolute Gasteiger partial charge is 0.508 e. The number of unbranched alkanes of at least 4 members (excludes halogenated alkanes) is 1. The summed E-state index contributed by atoms with van der Waals surface area (Å²) >= 11 is 5.95. The smallest absolute Gasteiger partial charge is 0.248 e. The number of aryl methyl sites for hydroxylation is 2. The maximum Gasteiger partial charge on any atom is 0.248 e. The van der Waals surface area contributed by atoms with Gasteiger partial charge in [-0.15, -0.1) is 0 Å². The van der Waals surface area contributed by atoms with E-state index in [1.807, 2.05) is 19.1 Å². The molecule has 16 N–H and O–H groups in total. The summed E-state index contributed by atoms with van der Waals surface area (Å²) in [6, 6.07) is 20.9. The average Bonchev–Trinajstić information content (AvgIpc) is 3.42. The van der Waals surface area contributed by atoms with Crippen LogP contribution < -0.4 is 59.3 Å². The van der Waals surface area contributed by atoms with Gasteiger partial charge < -0.3 is 74.6 Å². The van der Waals surface area contributed by atoms with E-state index in [0.29, 0.717) is 47.5 Å². The third kappa shape index (κ3) is 28.7. The molecule has 0 aliphatic carbocycles. The van der Waals surface area contributed by atoms with E-state index in [2.05, 4.69) is 47.9 Å². The Morgan fingerprint density at radius 2 is 1.02 bits per heavy atom. The van der Waals surface area contributed by atoms with Crippen LogP contribution in [-0.4, -0.2) is 145 Å². The van der Waals surface area contributed by atoms with Crippen molar-refractivity contribution in [1.29, 1.82) is 0 Å². The van der Waals surface area contributed by atoms with Crippen molar-refractivity contribution in [3.8, 4) is 11.5 Å². The third-order valence-electron chi connectivity index (χ3n) is 11.3. The van der Waals surface area contributed by atoms with Crippen molar-refractivity contribution >= 4 is 70.7 Å². The molecule has 4 aromatic rings. The number of aromatic hydroxyl groups is 2. The number of carbonyl (C=O) groups is 10. The normalized spacial score (nSPS) is 11.8. The molecule has 80 heavy (non-hydrogen) atoms. The molecule has 0 aromatic heterocycles. The molecule has 0 spiro atoms. The van der Waals surface area contributed by atoms with Crippen LogP contribution in [0.3, 0.4) is 0 Å². The van der Waals surface area contributed by atoms with Crippen LogP contribution in [0.4, 0.5) is 0 Å². The zero-order valence-electron chi connectivity index (χ0n) is 45.2. The monoisotopic (exact) mass is 1130 g/mol. The molecule has 0 heterocycles. The van der Waals surface area contributed by atoms with Gasteiger partial charge in [-0.05, 0) is 118 Å². The van der Waals surface area contributed by atoms with Gasteiger partial charge in [0, 0.05) is 49.9 Å². The van der Waals surface area contributed by atoms with Gasteiger partial charge in [-0.1, -0.05) is 65.7 Å². The van der Waals surface area contributed by atoms with Gasteiger partial charge in [-0.2, -0.15) is 0 Å². The number of aliphatic hydroxyl groups is 1. The van der Waals surface area contributed by atoms with E-state index in [1.54, 1.807) is 62.5 Å². The number of hydrogen-bond donors (Lipinski definition) is 14. The number of amides is 10. The lowest BCUT2D eigenvalue weighted by atomic mass is 10.0. The fourth-order valence-electron chi connectivity index (χ4n) is 7.02. The van der Waals surface area contributed by atoms with Gasteiger partial charge in [0.05, 0.1) is 19.6 Å². The Hall–Kier alpha value is -8.61. The van der Waals surface area contributed by atoms with Crippen LogP contribution in [0.5, 0.6) is 11.5 Å². The van der Waals surface area contributed by atoms with E-state index in [1.165, 1.54) is 43.3 Å². The maximum atomic E-state index is 13.7. The van der Waals surface area contributed by atoms with Crippen LogP contribution in [0.2, 0.25) is 5.02 Å².